The molecule has 0 aliphatic carbocycles. The fraction of sp³-hybridized carbons (Fsp3) is 0.286. The van der Waals surface area contributed by atoms with Gasteiger partial charge < -0.3 is 15.2 Å². The molecule has 0 unspecified atom stereocenters. The van der Waals surface area contributed by atoms with Crippen LogP contribution in [0.4, 0.5) is 0 Å². The summed E-state index contributed by atoms with van der Waals surface area (Å²) in [6.07, 6.45) is 0.785. The van der Waals surface area contributed by atoms with Crippen molar-refractivity contribution in [2.45, 2.75) is 6.42 Å². The van der Waals surface area contributed by atoms with Gasteiger partial charge in [0.05, 0.1) is 19.9 Å². The first-order valence-corrected chi connectivity index (χ1v) is 6.51. The largest absolute Gasteiger partial charge is 0.496 e. The number of halogens is 1. The summed E-state index contributed by atoms with van der Waals surface area (Å²) in [5.41, 5.74) is 8.18. The Kier molecular flexibility index (Phi) is 4.76. The molecule has 1 aromatic heterocycles. The minimum Gasteiger partial charge on any atom is -0.496 e. The lowest BCUT2D eigenvalue weighted by Crippen LogP contribution is -2.03. The van der Waals surface area contributed by atoms with Crippen LogP contribution in [0.1, 0.15) is 5.56 Å². The van der Waals surface area contributed by atoms with E-state index in [2.05, 4.69) is 9.97 Å². The van der Waals surface area contributed by atoms with Gasteiger partial charge in [-0.05, 0) is 30.7 Å². The average Bonchev–Trinajstić information content (AvgIpc) is 2.46. The predicted molar refractivity (Wildman–Crippen MR) is 78.3 cm³/mol. The molecule has 0 radical (unpaired) electrons. The van der Waals surface area contributed by atoms with E-state index in [4.69, 9.17) is 26.8 Å². The molecular formula is C14H16ClN3O2. The number of rotatable bonds is 5. The molecule has 0 atom stereocenters. The van der Waals surface area contributed by atoms with Crippen LogP contribution in [0.15, 0.2) is 24.3 Å². The number of benzene rings is 1. The van der Waals surface area contributed by atoms with Crippen molar-refractivity contribution in [3.05, 3.63) is 35.0 Å². The summed E-state index contributed by atoms with van der Waals surface area (Å²) < 4.78 is 10.4. The van der Waals surface area contributed by atoms with Crippen LogP contribution in [0.3, 0.4) is 0 Å². The Morgan fingerprint density at radius 1 is 1.15 bits per heavy atom. The summed E-state index contributed by atoms with van der Waals surface area (Å²) in [7, 11) is 3.11. The first kappa shape index (κ1) is 14.6. The number of hydrogen-bond donors (Lipinski definition) is 1. The van der Waals surface area contributed by atoms with Crippen LogP contribution in [0.25, 0.3) is 11.3 Å². The van der Waals surface area contributed by atoms with Gasteiger partial charge in [-0.3, -0.25) is 0 Å². The molecule has 0 aliphatic heterocycles. The summed E-state index contributed by atoms with van der Waals surface area (Å²) in [6.45, 7) is 0.583. The van der Waals surface area contributed by atoms with Gasteiger partial charge in [0, 0.05) is 11.6 Å². The molecular weight excluding hydrogens is 278 g/mol. The van der Waals surface area contributed by atoms with Crippen LogP contribution < -0.4 is 15.2 Å². The summed E-state index contributed by atoms with van der Waals surface area (Å²) in [6, 6.07) is 7.76. The Hall–Kier alpha value is -1.85. The highest BCUT2D eigenvalue weighted by atomic mass is 35.5. The Morgan fingerprint density at radius 2 is 1.95 bits per heavy atom. The third kappa shape index (κ3) is 3.18. The van der Waals surface area contributed by atoms with Gasteiger partial charge in [0.2, 0.25) is 0 Å². The smallest absolute Gasteiger partial charge is 0.318 e. The molecule has 106 valence electrons. The van der Waals surface area contributed by atoms with Gasteiger partial charge in [0.1, 0.15) is 10.9 Å². The highest BCUT2D eigenvalue weighted by Crippen LogP contribution is 2.31. The molecule has 2 rings (SSSR count). The van der Waals surface area contributed by atoms with E-state index < -0.39 is 0 Å². The third-order valence-corrected chi connectivity index (χ3v) is 3.02. The van der Waals surface area contributed by atoms with Gasteiger partial charge in [-0.25, -0.2) is 0 Å². The van der Waals surface area contributed by atoms with Crippen molar-refractivity contribution < 1.29 is 9.47 Å². The lowest BCUT2D eigenvalue weighted by Gasteiger charge is -2.11. The van der Waals surface area contributed by atoms with Crippen LogP contribution in [-0.4, -0.2) is 30.7 Å². The Bertz CT molecular complexity index is 605. The molecule has 2 aromatic rings. The number of nitrogens with zero attached hydrogens (tertiary/aromatic N) is 2. The fourth-order valence-corrected chi connectivity index (χ4v) is 2.08. The molecule has 0 bridgehead atoms. The second kappa shape index (κ2) is 6.54. The Morgan fingerprint density at radius 3 is 2.60 bits per heavy atom. The molecule has 6 heteroatoms. The first-order chi connectivity index (χ1) is 9.67. The van der Waals surface area contributed by atoms with E-state index in [-0.39, 0.29) is 6.01 Å². The SMILES string of the molecule is COc1nc(Cl)cc(-c2cc(CCN)ccc2OC)n1. The zero-order valence-electron chi connectivity index (χ0n) is 11.4. The maximum atomic E-state index is 5.98. The normalized spacial score (nSPS) is 10.4. The minimum atomic E-state index is 0.221. The van der Waals surface area contributed by atoms with Crippen molar-refractivity contribution in [1.82, 2.24) is 9.97 Å². The Labute approximate surface area is 122 Å². The zero-order valence-corrected chi connectivity index (χ0v) is 12.1. The summed E-state index contributed by atoms with van der Waals surface area (Å²) in [5.74, 6) is 0.711. The number of ether oxygens (including phenoxy) is 2. The van der Waals surface area contributed by atoms with E-state index in [0.717, 1.165) is 17.5 Å². The van der Waals surface area contributed by atoms with Crippen LogP contribution >= 0.6 is 11.6 Å². The zero-order chi connectivity index (χ0) is 14.5. The molecule has 2 N–H and O–H groups in total. The molecule has 5 nitrogen and oxygen atoms in total. The van der Waals surface area contributed by atoms with Gasteiger partial charge in [0.15, 0.2) is 0 Å². The maximum absolute atomic E-state index is 5.98. The van der Waals surface area contributed by atoms with Crippen LogP contribution in [0, 0.1) is 0 Å². The van der Waals surface area contributed by atoms with Gasteiger partial charge in [-0.15, -0.1) is 0 Å². The van der Waals surface area contributed by atoms with Crippen molar-refractivity contribution >= 4 is 11.6 Å². The second-order valence-electron chi connectivity index (χ2n) is 4.14. The maximum Gasteiger partial charge on any atom is 0.318 e. The average molecular weight is 294 g/mol. The monoisotopic (exact) mass is 293 g/mol. The quantitative estimate of drug-likeness (QED) is 0.857. The van der Waals surface area contributed by atoms with Gasteiger partial charge >= 0.3 is 6.01 Å². The second-order valence-corrected chi connectivity index (χ2v) is 4.52. The van der Waals surface area contributed by atoms with Crippen LogP contribution in [0.2, 0.25) is 5.15 Å². The lowest BCUT2D eigenvalue weighted by molar-refractivity contribution is 0.380. The summed E-state index contributed by atoms with van der Waals surface area (Å²) in [4.78, 5) is 8.27. The van der Waals surface area contributed by atoms with Crippen molar-refractivity contribution in [1.29, 1.82) is 0 Å². The van der Waals surface area contributed by atoms with E-state index >= 15 is 0 Å². The molecule has 0 fully saturated rings. The summed E-state index contributed by atoms with van der Waals surface area (Å²) >= 11 is 5.98. The number of hydrogen-bond acceptors (Lipinski definition) is 5. The predicted octanol–water partition coefficient (Wildman–Crippen LogP) is 2.32. The molecule has 1 heterocycles. The van der Waals surface area contributed by atoms with Crippen LogP contribution in [-0.2, 0) is 6.42 Å². The molecule has 0 saturated carbocycles. The van der Waals surface area contributed by atoms with Crippen molar-refractivity contribution in [3.8, 4) is 23.0 Å². The molecule has 0 saturated heterocycles. The van der Waals surface area contributed by atoms with Gasteiger partial charge in [0.25, 0.3) is 0 Å². The van der Waals surface area contributed by atoms with E-state index in [1.54, 1.807) is 13.2 Å². The standard InChI is InChI=1S/C14H16ClN3O2/c1-19-12-4-3-9(5-6-16)7-10(12)11-8-13(15)18-14(17-11)20-2/h3-4,7-8H,5-6,16H2,1-2H3. The molecule has 1 aromatic carbocycles. The number of nitrogens with two attached hydrogens (primary N) is 1. The summed E-state index contributed by atoms with van der Waals surface area (Å²) in [5, 5.41) is 0.318. The van der Waals surface area contributed by atoms with Gasteiger partial charge in [-0.1, -0.05) is 17.7 Å². The first-order valence-electron chi connectivity index (χ1n) is 6.14. The van der Waals surface area contributed by atoms with E-state index in [1.807, 2.05) is 18.2 Å². The topological polar surface area (TPSA) is 70.3 Å². The van der Waals surface area contributed by atoms with E-state index in [0.29, 0.717) is 23.1 Å². The highest BCUT2D eigenvalue weighted by molar-refractivity contribution is 6.29. The Balaban J connectivity index is 2.54. The third-order valence-electron chi connectivity index (χ3n) is 2.83. The number of methoxy groups -OCH3 is 2. The molecule has 0 aliphatic rings. The minimum absolute atomic E-state index is 0.221. The molecule has 0 spiro atoms. The number of aromatic nitrogens is 2. The van der Waals surface area contributed by atoms with Crippen LogP contribution in [0.5, 0.6) is 11.8 Å². The van der Waals surface area contributed by atoms with E-state index in [1.165, 1.54) is 7.11 Å². The van der Waals surface area contributed by atoms with Crippen molar-refractivity contribution in [2.24, 2.45) is 5.73 Å². The van der Waals surface area contributed by atoms with E-state index in [9.17, 15) is 0 Å². The van der Waals surface area contributed by atoms with Crippen molar-refractivity contribution in [3.63, 3.8) is 0 Å². The molecule has 0 amide bonds. The highest BCUT2D eigenvalue weighted by Gasteiger charge is 2.11. The lowest BCUT2D eigenvalue weighted by atomic mass is 10.0. The molecule has 20 heavy (non-hydrogen) atoms. The van der Waals surface area contributed by atoms with Crippen molar-refractivity contribution in [2.75, 3.05) is 20.8 Å². The van der Waals surface area contributed by atoms with Gasteiger partial charge in [-0.2, -0.15) is 9.97 Å². The fourth-order valence-electron chi connectivity index (χ4n) is 1.90.